The molecule has 2 rings (SSSR count). The van der Waals surface area contributed by atoms with Gasteiger partial charge in [-0.15, -0.1) is 0 Å². The van der Waals surface area contributed by atoms with Crippen LogP contribution in [0.2, 0.25) is 0 Å². The molecule has 1 aliphatic carbocycles. The molecule has 0 radical (unpaired) electrons. The molecule has 3 nitrogen and oxygen atoms in total. The number of amides is 1. The first kappa shape index (κ1) is 13.1. The summed E-state index contributed by atoms with van der Waals surface area (Å²) >= 11 is 0. The number of carbonyl (C=O) groups excluding carboxylic acids is 1. The molecule has 1 amide bonds. The molecule has 0 aliphatic heterocycles. The van der Waals surface area contributed by atoms with Gasteiger partial charge in [0.2, 0.25) is 0 Å². The molecule has 3 heteroatoms. The van der Waals surface area contributed by atoms with Gasteiger partial charge in [0, 0.05) is 5.56 Å². The second kappa shape index (κ2) is 5.53. The molecule has 1 aromatic carbocycles. The molecular weight excluding hydrogens is 226 g/mol. The van der Waals surface area contributed by atoms with Crippen molar-refractivity contribution in [3.63, 3.8) is 0 Å². The summed E-state index contributed by atoms with van der Waals surface area (Å²) in [6.07, 6.45) is 3.40. The van der Waals surface area contributed by atoms with Crippen LogP contribution in [-0.2, 0) is 0 Å². The van der Waals surface area contributed by atoms with Crippen molar-refractivity contribution >= 4 is 5.91 Å². The molecule has 0 saturated heterocycles. The maximum atomic E-state index is 12.2. The molecule has 98 valence electrons. The fourth-order valence-corrected chi connectivity index (χ4v) is 2.51. The van der Waals surface area contributed by atoms with Crippen LogP contribution in [0.3, 0.4) is 0 Å². The Morgan fingerprint density at radius 1 is 1.28 bits per heavy atom. The van der Waals surface area contributed by atoms with Crippen molar-refractivity contribution in [3.05, 3.63) is 34.9 Å². The minimum atomic E-state index is -0.396. The molecule has 0 bridgehead atoms. The number of aliphatic hydroxyl groups excluding tert-OH is 1. The number of nitrogens with one attached hydrogen (secondary N) is 1. The smallest absolute Gasteiger partial charge is 0.251 e. The average molecular weight is 247 g/mol. The van der Waals surface area contributed by atoms with Crippen LogP contribution in [0.5, 0.6) is 0 Å². The predicted molar refractivity (Wildman–Crippen MR) is 71.6 cm³/mol. The fraction of sp³-hybridized carbons (Fsp3) is 0.533. The van der Waals surface area contributed by atoms with E-state index in [2.05, 4.69) is 5.32 Å². The van der Waals surface area contributed by atoms with Gasteiger partial charge in [0.25, 0.3) is 5.91 Å². The molecule has 18 heavy (non-hydrogen) atoms. The highest BCUT2D eigenvalue weighted by atomic mass is 16.3. The molecule has 0 aromatic heterocycles. The first-order valence-electron chi connectivity index (χ1n) is 6.64. The summed E-state index contributed by atoms with van der Waals surface area (Å²) in [6.45, 7) is 3.91. The van der Waals surface area contributed by atoms with E-state index in [1.165, 1.54) is 0 Å². The van der Waals surface area contributed by atoms with E-state index in [1.54, 1.807) is 0 Å². The average Bonchev–Trinajstić information content (AvgIpc) is 2.35. The number of hydrogen-bond acceptors (Lipinski definition) is 2. The number of hydrogen-bond donors (Lipinski definition) is 2. The molecule has 1 aromatic rings. The molecule has 0 heterocycles. The van der Waals surface area contributed by atoms with E-state index in [9.17, 15) is 9.90 Å². The lowest BCUT2D eigenvalue weighted by Gasteiger charge is -2.28. The lowest BCUT2D eigenvalue weighted by atomic mass is 9.92. The first-order chi connectivity index (χ1) is 8.58. The van der Waals surface area contributed by atoms with Crippen LogP contribution in [0.1, 0.15) is 47.2 Å². The van der Waals surface area contributed by atoms with Gasteiger partial charge < -0.3 is 10.4 Å². The summed E-state index contributed by atoms with van der Waals surface area (Å²) in [6, 6.07) is 5.77. The molecular formula is C15H21NO2. The summed E-state index contributed by atoms with van der Waals surface area (Å²) < 4.78 is 0. The normalized spacial score (nSPS) is 23.7. The Bertz CT molecular complexity index is 442. The predicted octanol–water partition coefficient (Wildman–Crippen LogP) is 2.34. The Balaban J connectivity index is 2.09. The van der Waals surface area contributed by atoms with Gasteiger partial charge in [-0.25, -0.2) is 0 Å². The van der Waals surface area contributed by atoms with Gasteiger partial charge in [-0.2, -0.15) is 0 Å². The molecule has 1 aliphatic rings. The van der Waals surface area contributed by atoms with E-state index in [-0.39, 0.29) is 11.9 Å². The Morgan fingerprint density at radius 2 is 2.00 bits per heavy atom. The minimum absolute atomic E-state index is 0.0675. The van der Waals surface area contributed by atoms with Gasteiger partial charge in [0.05, 0.1) is 12.1 Å². The summed E-state index contributed by atoms with van der Waals surface area (Å²) in [5, 5.41) is 12.8. The van der Waals surface area contributed by atoms with Crippen LogP contribution < -0.4 is 5.32 Å². The number of benzene rings is 1. The van der Waals surface area contributed by atoms with Gasteiger partial charge in [-0.3, -0.25) is 4.79 Å². The van der Waals surface area contributed by atoms with E-state index >= 15 is 0 Å². The Labute approximate surface area is 108 Å². The second-order valence-electron chi connectivity index (χ2n) is 5.25. The quantitative estimate of drug-likeness (QED) is 0.842. The largest absolute Gasteiger partial charge is 0.391 e. The number of aryl methyl sites for hydroxylation is 2. The maximum absolute atomic E-state index is 12.2. The van der Waals surface area contributed by atoms with Crippen LogP contribution in [0.15, 0.2) is 18.2 Å². The molecule has 1 saturated carbocycles. The van der Waals surface area contributed by atoms with Crippen LogP contribution >= 0.6 is 0 Å². The minimum Gasteiger partial charge on any atom is -0.391 e. The van der Waals surface area contributed by atoms with E-state index in [4.69, 9.17) is 0 Å². The molecule has 2 N–H and O–H groups in total. The summed E-state index contributed by atoms with van der Waals surface area (Å²) in [7, 11) is 0. The van der Waals surface area contributed by atoms with Gasteiger partial charge in [-0.05, 0) is 38.3 Å². The lowest BCUT2D eigenvalue weighted by molar-refractivity contribution is 0.0717. The summed E-state index contributed by atoms with van der Waals surface area (Å²) in [5.41, 5.74) is 2.77. The van der Waals surface area contributed by atoms with Crippen molar-refractivity contribution in [3.8, 4) is 0 Å². The first-order valence-corrected chi connectivity index (χ1v) is 6.64. The molecule has 0 unspecified atom stereocenters. The van der Waals surface area contributed by atoms with Crippen LogP contribution in [0.4, 0.5) is 0 Å². The SMILES string of the molecule is Cc1ccc(C)c(C(=O)N[C@H]2CCCC[C@@H]2O)c1. The monoisotopic (exact) mass is 247 g/mol. The molecule has 1 fully saturated rings. The molecule has 2 atom stereocenters. The van der Waals surface area contributed by atoms with E-state index in [0.29, 0.717) is 5.56 Å². The van der Waals surface area contributed by atoms with E-state index < -0.39 is 6.10 Å². The number of carbonyl (C=O) groups is 1. The van der Waals surface area contributed by atoms with Crippen molar-refractivity contribution in [2.45, 2.75) is 51.7 Å². The standard InChI is InChI=1S/C15H21NO2/c1-10-7-8-11(2)12(9-10)15(18)16-13-5-3-4-6-14(13)17/h7-9,13-14,17H,3-6H2,1-2H3,(H,16,18)/t13-,14-/m0/s1. The third kappa shape index (κ3) is 2.91. The Kier molecular flexibility index (Phi) is 4.02. The Morgan fingerprint density at radius 3 is 2.72 bits per heavy atom. The van der Waals surface area contributed by atoms with E-state index in [0.717, 1.165) is 36.8 Å². The second-order valence-corrected chi connectivity index (χ2v) is 5.25. The zero-order chi connectivity index (χ0) is 13.1. The van der Waals surface area contributed by atoms with Crippen molar-refractivity contribution in [1.29, 1.82) is 0 Å². The van der Waals surface area contributed by atoms with Crippen molar-refractivity contribution in [2.75, 3.05) is 0 Å². The third-order valence-corrected chi connectivity index (χ3v) is 3.68. The fourth-order valence-electron chi connectivity index (χ4n) is 2.51. The zero-order valence-corrected chi connectivity index (χ0v) is 11.1. The molecule has 0 spiro atoms. The van der Waals surface area contributed by atoms with Gasteiger partial charge >= 0.3 is 0 Å². The van der Waals surface area contributed by atoms with Crippen LogP contribution in [0, 0.1) is 13.8 Å². The number of aliphatic hydroxyl groups is 1. The Hall–Kier alpha value is -1.35. The van der Waals surface area contributed by atoms with E-state index in [1.807, 2.05) is 32.0 Å². The van der Waals surface area contributed by atoms with Crippen molar-refractivity contribution in [1.82, 2.24) is 5.32 Å². The third-order valence-electron chi connectivity index (χ3n) is 3.68. The topological polar surface area (TPSA) is 49.3 Å². The maximum Gasteiger partial charge on any atom is 0.251 e. The highest BCUT2D eigenvalue weighted by Crippen LogP contribution is 2.19. The van der Waals surface area contributed by atoms with Crippen molar-refractivity contribution in [2.24, 2.45) is 0 Å². The van der Waals surface area contributed by atoms with Crippen molar-refractivity contribution < 1.29 is 9.90 Å². The van der Waals surface area contributed by atoms with Crippen LogP contribution in [0.25, 0.3) is 0 Å². The summed E-state index contributed by atoms with van der Waals surface area (Å²) in [4.78, 5) is 12.2. The van der Waals surface area contributed by atoms with Gasteiger partial charge in [0.1, 0.15) is 0 Å². The summed E-state index contributed by atoms with van der Waals surface area (Å²) in [5.74, 6) is -0.0675. The van der Waals surface area contributed by atoms with Crippen LogP contribution in [-0.4, -0.2) is 23.2 Å². The van der Waals surface area contributed by atoms with Gasteiger partial charge in [-0.1, -0.05) is 30.5 Å². The number of rotatable bonds is 2. The highest BCUT2D eigenvalue weighted by molar-refractivity contribution is 5.96. The highest BCUT2D eigenvalue weighted by Gasteiger charge is 2.25. The zero-order valence-electron chi connectivity index (χ0n) is 11.1. The lowest BCUT2D eigenvalue weighted by Crippen LogP contribution is -2.45. The van der Waals surface area contributed by atoms with Gasteiger partial charge in [0.15, 0.2) is 0 Å².